The van der Waals surface area contributed by atoms with Gasteiger partial charge in [-0.1, -0.05) is 18.2 Å². The molecule has 0 unspecified atom stereocenters. The van der Waals surface area contributed by atoms with Gasteiger partial charge in [0.15, 0.2) is 6.61 Å². The van der Waals surface area contributed by atoms with Gasteiger partial charge in [-0.2, -0.15) is 0 Å². The average molecular weight is 224 g/mol. The Morgan fingerprint density at radius 2 is 1.88 bits per heavy atom. The minimum atomic E-state index is -1.66. The highest BCUT2D eigenvalue weighted by atomic mass is 17.2. The van der Waals surface area contributed by atoms with E-state index >= 15 is 0 Å². The average Bonchev–Trinajstić information content (AvgIpc) is 2.24. The van der Waals surface area contributed by atoms with Gasteiger partial charge in [0.05, 0.1) is 0 Å². The third-order valence-corrected chi connectivity index (χ3v) is 2.34. The normalized spacial score (nSPS) is 15.2. The molecule has 0 saturated heterocycles. The van der Waals surface area contributed by atoms with Crippen LogP contribution in [0, 0.1) is 0 Å². The van der Waals surface area contributed by atoms with Crippen molar-refractivity contribution in [2.45, 2.75) is 5.60 Å². The number of carbonyl (C=O) groups is 2. The highest BCUT2D eigenvalue weighted by Gasteiger charge is 2.51. The van der Waals surface area contributed by atoms with E-state index in [2.05, 4.69) is 4.89 Å². The molecule has 2 aliphatic rings. The molecule has 0 radical (unpaired) electrons. The Morgan fingerprint density at radius 3 is 2.31 bits per heavy atom. The summed E-state index contributed by atoms with van der Waals surface area (Å²) in [5, 5.41) is 17.4. The molecular weight excluding hydrogens is 216 g/mol. The maximum absolute atomic E-state index is 11.1. The molecule has 0 spiro atoms. The summed E-state index contributed by atoms with van der Waals surface area (Å²) in [6.07, 6.45) is 0. The van der Waals surface area contributed by atoms with E-state index < -0.39 is 24.1 Å². The van der Waals surface area contributed by atoms with E-state index in [-0.39, 0.29) is 0 Å². The lowest BCUT2D eigenvalue weighted by atomic mass is 9.76. The van der Waals surface area contributed by atoms with Crippen molar-refractivity contribution in [3.63, 3.8) is 0 Å². The number of hydrogen-bond acceptors (Lipinski definition) is 4. The molecule has 84 valence electrons. The SMILES string of the molecule is O=C(O)COOC1(C(=O)O)c2cccc1c2. The van der Waals surface area contributed by atoms with Crippen LogP contribution in [-0.2, 0) is 25.0 Å². The second-order valence-electron chi connectivity index (χ2n) is 3.31. The van der Waals surface area contributed by atoms with Gasteiger partial charge in [0, 0.05) is 11.1 Å². The van der Waals surface area contributed by atoms with Gasteiger partial charge in [0.2, 0.25) is 5.60 Å². The minimum Gasteiger partial charge on any atom is -0.479 e. The van der Waals surface area contributed by atoms with Crippen LogP contribution in [0.1, 0.15) is 11.1 Å². The molecule has 0 saturated carbocycles. The van der Waals surface area contributed by atoms with Crippen LogP contribution in [0.15, 0.2) is 24.3 Å². The maximum Gasteiger partial charge on any atom is 0.348 e. The van der Waals surface area contributed by atoms with E-state index in [1.807, 2.05) is 0 Å². The lowest BCUT2D eigenvalue weighted by molar-refractivity contribution is -0.348. The van der Waals surface area contributed by atoms with Gasteiger partial charge in [0.1, 0.15) is 0 Å². The first-order valence-electron chi connectivity index (χ1n) is 4.44. The quantitative estimate of drug-likeness (QED) is 0.554. The Labute approximate surface area is 90.0 Å². The van der Waals surface area contributed by atoms with Crippen LogP contribution in [0.25, 0.3) is 0 Å². The Balaban J connectivity index is 2.14. The van der Waals surface area contributed by atoms with Crippen molar-refractivity contribution in [1.29, 1.82) is 0 Å². The van der Waals surface area contributed by atoms with Crippen LogP contribution in [0.5, 0.6) is 0 Å². The van der Waals surface area contributed by atoms with Crippen LogP contribution in [0.2, 0.25) is 0 Å². The number of benzene rings is 1. The molecule has 0 aromatic heterocycles. The zero-order valence-corrected chi connectivity index (χ0v) is 8.04. The highest BCUT2D eigenvalue weighted by Crippen LogP contribution is 2.43. The molecule has 0 aliphatic heterocycles. The van der Waals surface area contributed by atoms with Crippen molar-refractivity contribution in [3.8, 4) is 0 Å². The van der Waals surface area contributed by atoms with E-state index in [1.54, 1.807) is 24.3 Å². The van der Waals surface area contributed by atoms with Crippen molar-refractivity contribution >= 4 is 11.9 Å². The fourth-order valence-electron chi connectivity index (χ4n) is 1.59. The van der Waals surface area contributed by atoms with Gasteiger partial charge < -0.3 is 10.2 Å². The number of carboxylic acid groups (broad SMARTS) is 2. The number of fused-ring (bicyclic) bond motifs is 2. The van der Waals surface area contributed by atoms with Crippen molar-refractivity contribution in [2.24, 2.45) is 0 Å². The minimum absolute atomic E-state index is 0.433. The van der Waals surface area contributed by atoms with E-state index in [0.29, 0.717) is 11.1 Å². The summed E-state index contributed by atoms with van der Waals surface area (Å²) in [7, 11) is 0. The van der Waals surface area contributed by atoms with Crippen LogP contribution >= 0.6 is 0 Å². The second kappa shape index (κ2) is 3.58. The Kier molecular flexibility index (Phi) is 2.37. The van der Waals surface area contributed by atoms with Crippen molar-refractivity contribution in [3.05, 3.63) is 35.4 Å². The highest BCUT2D eigenvalue weighted by molar-refractivity contribution is 5.87. The van der Waals surface area contributed by atoms with Gasteiger partial charge in [0.25, 0.3) is 0 Å². The lowest BCUT2D eigenvalue weighted by Crippen LogP contribution is -2.45. The van der Waals surface area contributed by atoms with Crippen molar-refractivity contribution in [2.75, 3.05) is 6.61 Å². The molecular formula is C10H8O6. The van der Waals surface area contributed by atoms with Gasteiger partial charge in [-0.15, -0.1) is 0 Å². The summed E-state index contributed by atoms with van der Waals surface area (Å²) in [6, 6.07) is 6.47. The zero-order valence-electron chi connectivity index (χ0n) is 8.04. The molecule has 0 atom stereocenters. The Bertz CT molecular complexity index is 426. The topological polar surface area (TPSA) is 93.1 Å². The van der Waals surface area contributed by atoms with Gasteiger partial charge in [-0.25, -0.2) is 19.4 Å². The van der Waals surface area contributed by atoms with Crippen molar-refractivity contribution < 1.29 is 29.6 Å². The first kappa shape index (κ1) is 10.6. The summed E-state index contributed by atoms with van der Waals surface area (Å²) in [4.78, 5) is 30.5. The van der Waals surface area contributed by atoms with Gasteiger partial charge in [-0.3, -0.25) is 0 Å². The third-order valence-electron chi connectivity index (χ3n) is 2.34. The monoisotopic (exact) mass is 224 g/mol. The number of carboxylic acids is 2. The molecule has 2 bridgehead atoms. The number of aliphatic carboxylic acids is 2. The number of rotatable bonds is 5. The van der Waals surface area contributed by atoms with E-state index in [0.717, 1.165) is 0 Å². The molecule has 3 rings (SSSR count). The molecule has 0 heterocycles. The molecule has 2 aliphatic carbocycles. The second-order valence-corrected chi connectivity index (χ2v) is 3.31. The predicted molar refractivity (Wildman–Crippen MR) is 49.5 cm³/mol. The van der Waals surface area contributed by atoms with Crippen LogP contribution < -0.4 is 0 Å². The smallest absolute Gasteiger partial charge is 0.348 e. The predicted octanol–water partition coefficient (Wildman–Crippen LogP) is 0.361. The molecule has 16 heavy (non-hydrogen) atoms. The standard InChI is InChI=1S/C10H8O6/c11-8(12)5-15-16-10(9(13)14)6-2-1-3-7(10)4-6/h1-4H,5H2,(H,11,12)(H,13,14). The van der Waals surface area contributed by atoms with Gasteiger partial charge in [-0.05, 0) is 6.07 Å². The summed E-state index contributed by atoms with van der Waals surface area (Å²) < 4.78 is 0. The number of hydrogen-bond donors (Lipinski definition) is 2. The first-order chi connectivity index (χ1) is 7.57. The van der Waals surface area contributed by atoms with Crippen LogP contribution in [0.3, 0.4) is 0 Å². The largest absolute Gasteiger partial charge is 0.479 e. The first-order valence-corrected chi connectivity index (χ1v) is 4.44. The summed E-state index contributed by atoms with van der Waals surface area (Å²) >= 11 is 0. The Hall–Kier alpha value is -1.92. The van der Waals surface area contributed by atoms with E-state index in [9.17, 15) is 9.59 Å². The molecule has 2 N–H and O–H groups in total. The lowest BCUT2D eigenvalue weighted by Gasteiger charge is -2.35. The zero-order chi connectivity index (χ0) is 11.8. The van der Waals surface area contributed by atoms with Crippen molar-refractivity contribution in [1.82, 2.24) is 0 Å². The molecule has 0 fully saturated rings. The fraction of sp³-hybridized carbons (Fsp3) is 0.200. The van der Waals surface area contributed by atoms with E-state index in [4.69, 9.17) is 15.1 Å². The maximum atomic E-state index is 11.1. The van der Waals surface area contributed by atoms with Gasteiger partial charge >= 0.3 is 11.9 Å². The molecule has 6 nitrogen and oxygen atoms in total. The summed E-state index contributed by atoms with van der Waals surface area (Å²) in [5.41, 5.74) is -0.796. The molecule has 1 aromatic rings. The summed E-state index contributed by atoms with van der Waals surface area (Å²) in [6.45, 7) is -0.709. The van der Waals surface area contributed by atoms with Crippen LogP contribution in [0.4, 0.5) is 0 Å². The Morgan fingerprint density at radius 1 is 1.25 bits per heavy atom. The third kappa shape index (κ3) is 1.36. The van der Waals surface area contributed by atoms with E-state index in [1.165, 1.54) is 0 Å². The molecule has 1 aromatic carbocycles. The molecule has 6 heteroatoms. The molecule has 0 amide bonds. The fourth-order valence-corrected chi connectivity index (χ4v) is 1.59. The van der Waals surface area contributed by atoms with Crippen LogP contribution in [-0.4, -0.2) is 28.8 Å². The summed E-state index contributed by atoms with van der Waals surface area (Å²) in [5.74, 6) is -2.46.